The van der Waals surface area contributed by atoms with Crippen LogP contribution in [-0.4, -0.2) is 16.6 Å². The van der Waals surface area contributed by atoms with E-state index in [0.717, 1.165) is 12.0 Å². The number of hydrogen-bond donors (Lipinski definition) is 1. The summed E-state index contributed by atoms with van der Waals surface area (Å²) in [4.78, 5) is 9.62. The summed E-state index contributed by atoms with van der Waals surface area (Å²) in [5, 5.41) is 0. The van der Waals surface area contributed by atoms with E-state index in [1.807, 2.05) is 6.92 Å². The minimum absolute atomic E-state index is 0. The van der Waals surface area contributed by atoms with E-state index in [2.05, 4.69) is 31.3 Å². The van der Waals surface area contributed by atoms with E-state index in [4.69, 9.17) is 17.6 Å². The van der Waals surface area contributed by atoms with Crippen molar-refractivity contribution in [3.63, 3.8) is 0 Å². The third kappa shape index (κ3) is 4.02. The van der Waals surface area contributed by atoms with Crippen LogP contribution in [0.5, 0.6) is 0 Å². The van der Waals surface area contributed by atoms with Crippen LogP contribution in [0.3, 0.4) is 0 Å². The number of thiazole rings is 1. The van der Waals surface area contributed by atoms with Crippen molar-refractivity contribution in [3.8, 4) is 0 Å². The van der Waals surface area contributed by atoms with Gasteiger partial charge in [0, 0.05) is 19.5 Å². The Kier molecular flexibility index (Phi) is 6.61. The van der Waals surface area contributed by atoms with Crippen molar-refractivity contribution in [1.82, 2.24) is 9.97 Å². The molecule has 20 heavy (non-hydrogen) atoms. The molecule has 2 aromatic rings. The lowest BCUT2D eigenvalue weighted by Gasteiger charge is -2.02. The first-order valence-electron chi connectivity index (χ1n) is 5.89. The Labute approximate surface area is 133 Å². The quantitative estimate of drug-likeness (QED) is 0.697. The molecule has 0 bridgehead atoms. The highest BCUT2D eigenvalue weighted by Gasteiger charge is 2.17. The number of aromatic nitrogens is 3. The Hall–Kier alpha value is -0.950. The summed E-state index contributed by atoms with van der Waals surface area (Å²) in [7, 11) is 0. The maximum absolute atomic E-state index is 5.91. The second-order valence-electron chi connectivity index (χ2n) is 4.25. The molecule has 2 aromatic heterocycles. The lowest BCUT2D eigenvalue weighted by molar-refractivity contribution is -0.689. The van der Waals surface area contributed by atoms with Crippen LogP contribution >= 0.6 is 23.2 Å². The molecular weight excluding hydrogens is 319 g/mol. The van der Waals surface area contributed by atoms with Gasteiger partial charge in [-0.1, -0.05) is 11.3 Å². The normalized spacial score (nSPS) is 10.3. The zero-order chi connectivity index (χ0) is 13.8. The zero-order valence-corrected chi connectivity index (χ0v) is 13.6. The molecule has 0 amide bonds. The number of rotatable bonds is 5. The van der Waals surface area contributed by atoms with Crippen LogP contribution in [0.2, 0.25) is 0 Å². The molecule has 2 heterocycles. The molecule has 110 valence electrons. The Bertz CT molecular complexity index is 577. The summed E-state index contributed by atoms with van der Waals surface area (Å²) < 4.78 is 6.73. The van der Waals surface area contributed by atoms with Crippen molar-refractivity contribution < 1.29 is 21.3 Å². The fourth-order valence-electron chi connectivity index (χ4n) is 1.80. The maximum atomic E-state index is 5.91. The summed E-state index contributed by atoms with van der Waals surface area (Å²) >= 11 is 6.93. The Morgan fingerprint density at radius 1 is 1.45 bits per heavy atom. The standard InChI is InChI=1S/C12H16ClN4OS.ClH/c1-8-11(3-4-18-13)19-7-17(8)6-10-5-15-9(2)16-12(10)14;/h5,7H,3-4,6H2,1-2H3,(H2,14,15,16);1H/q+1;/p-1. The molecule has 0 spiro atoms. The van der Waals surface area contributed by atoms with Gasteiger partial charge >= 0.3 is 0 Å². The number of nitrogen functional groups attached to an aromatic ring is 1. The lowest BCUT2D eigenvalue weighted by atomic mass is 10.2. The highest BCUT2D eigenvalue weighted by Crippen LogP contribution is 2.14. The molecule has 0 fully saturated rings. The van der Waals surface area contributed by atoms with E-state index in [1.165, 1.54) is 10.6 Å². The predicted octanol–water partition coefficient (Wildman–Crippen LogP) is -1.21. The third-order valence-electron chi connectivity index (χ3n) is 2.92. The first-order valence-corrected chi connectivity index (χ1v) is 7.08. The Morgan fingerprint density at radius 2 is 2.20 bits per heavy atom. The molecule has 2 rings (SSSR count). The summed E-state index contributed by atoms with van der Waals surface area (Å²) in [6.07, 6.45) is 2.59. The van der Waals surface area contributed by atoms with Gasteiger partial charge in [-0.3, -0.25) is 4.29 Å². The molecule has 5 nitrogen and oxygen atoms in total. The van der Waals surface area contributed by atoms with E-state index < -0.39 is 0 Å². The van der Waals surface area contributed by atoms with E-state index in [9.17, 15) is 0 Å². The van der Waals surface area contributed by atoms with Crippen molar-refractivity contribution in [2.24, 2.45) is 0 Å². The lowest BCUT2D eigenvalue weighted by Crippen LogP contribution is -3.00. The van der Waals surface area contributed by atoms with Crippen LogP contribution < -0.4 is 22.7 Å². The van der Waals surface area contributed by atoms with Gasteiger partial charge in [0.2, 0.25) is 5.51 Å². The van der Waals surface area contributed by atoms with Gasteiger partial charge in [-0.25, -0.2) is 9.97 Å². The van der Waals surface area contributed by atoms with Gasteiger partial charge in [0.25, 0.3) is 0 Å². The zero-order valence-electron chi connectivity index (χ0n) is 11.3. The molecule has 0 unspecified atom stereocenters. The van der Waals surface area contributed by atoms with E-state index in [1.54, 1.807) is 17.5 Å². The Balaban J connectivity index is 0.00000200. The van der Waals surface area contributed by atoms with Crippen LogP contribution in [0.25, 0.3) is 0 Å². The molecule has 0 radical (unpaired) electrons. The Morgan fingerprint density at radius 3 is 2.85 bits per heavy atom. The number of aryl methyl sites for hydroxylation is 1. The number of nitrogens with two attached hydrogens (primary N) is 1. The second kappa shape index (κ2) is 7.73. The third-order valence-corrected chi connectivity index (χ3v) is 4.22. The minimum atomic E-state index is 0. The largest absolute Gasteiger partial charge is 1.00 e. The fraction of sp³-hybridized carbons (Fsp3) is 0.417. The molecular formula is C12H16Cl2N4OS. The molecule has 0 aliphatic rings. The summed E-state index contributed by atoms with van der Waals surface area (Å²) in [6.45, 7) is 5.09. The van der Waals surface area contributed by atoms with E-state index in [0.29, 0.717) is 24.8 Å². The molecule has 0 aliphatic heterocycles. The second-order valence-corrected chi connectivity index (χ2v) is 5.41. The fourth-order valence-corrected chi connectivity index (χ4v) is 2.85. The number of anilines is 1. The smallest absolute Gasteiger partial charge is 0.225 e. The van der Waals surface area contributed by atoms with Gasteiger partial charge in [0.1, 0.15) is 11.6 Å². The topological polar surface area (TPSA) is 64.9 Å². The summed E-state index contributed by atoms with van der Waals surface area (Å²) in [5.74, 6) is 1.23. The molecule has 0 saturated carbocycles. The molecule has 2 N–H and O–H groups in total. The molecule has 0 aromatic carbocycles. The summed E-state index contributed by atoms with van der Waals surface area (Å²) in [5.41, 5.74) is 10.1. The van der Waals surface area contributed by atoms with Crippen molar-refractivity contribution in [2.45, 2.75) is 26.8 Å². The van der Waals surface area contributed by atoms with Crippen molar-refractivity contribution >= 4 is 29.0 Å². The van der Waals surface area contributed by atoms with Gasteiger partial charge in [0.05, 0.1) is 28.9 Å². The molecule has 0 saturated heterocycles. The van der Waals surface area contributed by atoms with Crippen LogP contribution in [0.1, 0.15) is 22.0 Å². The van der Waals surface area contributed by atoms with E-state index >= 15 is 0 Å². The van der Waals surface area contributed by atoms with Gasteiger partial charge in [0.15, 0.2) is 12.2 Å². The monoisotopic (exact) mass is 334 g/mol. The average Bonchev–Trinajstić information content (AvgIpc) is 2.72. The maximum Gasteiger partial charge on any atom is 0.225 e. The number of hydrogen-bond acceptors (Lipinski definition) is 5. The highest BCUT2D eigenvalue weighted by atomic mass is 35.5. The molecule has 8 heteroatoms. The van der Waals surface area contributed by atoms with Crippen LogP contribution in [0.4, 0.5) is 5.82 Å². The van der Waals surface area contributed by atoms with Crippen molar-refractivity contribution in [2.75, 3.05) is 12.3 Å². The van der Waals surface area contributed by atoms with Gasteiger partial charge in [-0.15, -0.1) is 0 Å². The SMILES string of the molecule is Cc1ncc(C[n+]2csc(CCOCl)c2C)c(N)n1.[Cl-]. The van der Waals surface area contributed by atoms with Gasteiger partial charge < -0.3 is 18.1 Å². The predicted molar refractivity (Wildman–Crippen MR) is 75.0 cm³/mol. The highest BCUT2D eigenvalue weighted by molar-refractivity contribution is 7.09. The van der Waals surface area contributed by atoms with Crippen LogP contribution in [-0.2, 0) is 17.3 Å². The number of halogens is 2. The van der Waals surface area contributed by atoms with Crippen LogP contribution in [0.15, 0.2) is 11.7 Å². The first-order chi connectivity index (χ1) is 9.11. The van der Waals surface area contributed by atoms with Crippen molar-refractivity contribution in [1.29, 1.82) is 0 Å². The summed E-state index contributed by atoms with van der Waals surface area (Å²) in [6, 6.07) is 0. The minimum Gasteiger partial charge on any atom is -1.00 e. The molecule has 0 atom stereocenters. The van der Waals surface area contributed by atoms with Crippen molar-refractivity contribution in [3.05, 3.63) is 33.7 Å². The average molecular weight is 335 g/mol. The van der Waals surface area contributed by atoms with Gasteiger partial charge in [-0.05, 0) is 6.92 Å². The number of nitrogens with zero attached hydrogens (tertiary/aromatic N) is 3. The van der Waals surface area contributed by atoms with Crippen LogP contribution in [0, 0.1) is 13.8 Å². The van der Waals surface area contributed by atoms with E-state index in [-0.39, 0.29) is 12.4 Å². The first kappa shape index (κ1) is 17.1. The molecule has 0 aliphatic carbocycles. The van der Waals surface area contributed by atoms with Gasteiger partial charge in [-0.2, -0.15) is 4.57 Å².